The van der Waals surface area contributed by atoms with E-state index in [4.69, 9.17) is 0 Å². The van der Waals surface area contributed by atoms with Gasteiger partial charge < -0.3 is 5.32 Å². The lowest BCUT2D eigenvalue weighted by atomic mass is 10.1. The van der Waals surface area contributed by atoms with E-state index >= 15 is 0 Å². The first-order chi connectivity index (χ1) is 12.3. The molecule has 2 aromatic heterocycles. The molecule has 4 aromatic rings. The second-order valence-corrected chi connectivity index (χ2v) is 5.47. The lowest BCUT2D eigenvalue weighted by Crippen LogP contribution is -1.97. The smallest absolute Gasteiger partial charge is 0.147 e. The zero-order valence-electron chi connectivity index (χ0n) is 13.0. The monoisotopic (exact) mass is 329 g/mol. The van der Waals surface area contributed by atoms with Crippen molar-refractivity contribution < 1.29 is 4.39 Å². The normalized spacial score (nSPS) is 10.6. The lowest BCUT2D eigenvalue weighted by molar-refractivity contribution is 0.631. The molecule has 6 heteroatoms. The Balaban J connectivity index is 1.79. The minimum atomic E-state index is -0.472. The molecular formula is C19H12FN5. The molecule has 5 nitrogen and oxygen atoms in total. The SMILES string of the molecule is N#Cc1cccc(F)c1Nc1ccc2[nH]nc(-c3ccncc3)c2c1. The van der Waals surface area contributed by atoms with Gasteiger partial charge in [0.05, 0.1) is 16.8 Å². The van der Waals surface area contributed by atoms with Crippen molar-refractivity contribution in [3.8, 4) is 17.3 Å². The second kappa shape index (κ2) is 6.06. The van der Waals surface area contributed by atoms with Gasteiger partial charge in [0.2, 0.25) is 0 Å². The van der Waals surface area contributed by atoms with Crippen LogP contribution in [0.2, 0.25) is 0 Å². The summed E-state index contributed by atoms with van der Waals surface area (Å²) in [5.74, 6) is -0.472. The third-order valence-electron chi connectivity index (χ3n) is 3.92. The highest BCUT2D eigenvalue weighted by atomic mass is 19.1. The number of H-pyrrole nitrogens is 1. The Morgan fingerprint density at radius 3 is 2.72 bits per heavy atom. The van der Waals surface area contributed by atoms with Crippen molar-refractivity contribution in [1.29, 1.82) is 5.26 Å². The lowest BCUT2D eigenvalue weighted by Gasteiger charge is -2.09. The quantitative estimate of drug-likeness (QED) is 0.585. The van der Waals surface area contributed by atoms with Gasteiger partial charge in [0.15, 0.2) is 0 Å². The summed E-state index contributed by atoms with van der Waals surface area (Å²) in [5.41, 5.74) is 3.68. The average Bonchev–Trinajstić information content (AvgIpc) is 3.07. The molecule has 2 heterocycles. The Morgan fingerprint density at radius 1 is 1.08 bits per heavy atom. The summed E-state index contributed by atoms with van der Waals surface area (Å²) < 4.78 is 14.1. The zero-order chi connectivity index (χ0) is 17.2. The third-order valence-corrected chi connectivity index (χ3v) is 3.92. The number of hydrogen-bond donors (Lipinski definition) is 2. The van der Waals surface area contributed by atoms with Crippen LogP contribution in [-0.4, -0.2) is 15.2 Å². The molecule has 2 N–H and O–H groups in total. The highest BCUT2D eigenvalue weighted by molar-refractivity contribution is 5.95. The maximum Gasteiger partial charge on any atom is 0.147 e. The van der Waals surface area contributed by atoms with Crippen molar-refractivity contribution in [1.82, 2.24) is 15.2 Å². The summed E-state index contributed by atoms with van der Waals surface area (Å²) in [5, 5.41) is 20.4. The Hall–Kier alpha value is -3.72. The number of nitrogens with one attached hydrogen (secondary N) is 2. The minimum Gasteiger partial charge on any atom is -0.352 e. The number of aromatic nitrogens is 3. The molecule has 2 aromatic carbocycles. The van der Waals surface area contributed by atoms with Gasteiger partial charge >= 0.3 is 0 Å². The molecule has 25 heavy (non-hydrogen) atoms. The largest absolute Gasteiger partial charge is 0.352 e. The molecule has 120 valence electrons. The molecule has 4 rings (SSSR count). The van der Waals surface area contributed by atoms with E-state index in [0.29, 0.717) is 5.69 Å². The number of halogens is 1. The van der Waals surface area contributed by atoms with Crippen LogP contribution in [0.1, 0.15) is 5.56 Å². The number of fused-ring (bicyclic) bond motifs is 1. The van der Waals surface area contributed by atoms with Gasteiger partial charge in [-0.05, 0) is 42.5 Å². The standard InChI is InChI=1S/C19H12FN5/c20-16-3-1-2-13(11-21)19(16)23-14-4-5-17-15(10-14)18(25-24-17)12-6-8-22-9-7-12/h1-10,23H,(H,24,25). The van der Waals surface area contributed by atoms with Gasteiger partial charge in [0.25, 0.3) is 0 Å². The Morgan fingerprint density at radius 2 is 1.92 bits per heavy atom. The van der Waals surface area contributed by atoms with E-state index in [0.717, 1.165) is 22.2 Å². The van der Waals surface area contributed by atoms with Crippen LogP contribution in [0.15, 0.2) is 60.9 Å². The first-order valence-electron chi connectivity index (χ1n) is 7.60. The molecule has 0 saturated heterocycles. The molecule has 0 spiro atoms. The van der Waals surface area contributed by atoms with Gasteiger partial charge in [-0.25, -0.2) is 4.39 Å². The molecule has 0 aliphatic carbocycles. The predicted octanol–water partition coefficient (Wildman–Crippen LogP) is 4.38. The molecular weight excluding hydrogens is 317 g/mol. The van der Waals surface area contributed by atoms with Crippen molar-refractivity contribution in [3.63, 3.8) is 0 Å². The zero-order valence-corrected chi connectivity index (χ0v) is 13.0. The van der Waals surface area contributed by atoms with Crippen molar-refractivity contribution in [2.75, 3.05) is 5.32 Å². The number of rotatable bonds is 3. The van der Waals surface area contributed by atoms with Gasteiger partial charge in [0.1, 0.15) is 17.6 Å². The van der Waals surface area contributed by atoms with E-state index in [9.17, 15) is 9.65 Å². The van der Waals surface area contributed by atoms with Gasteiger partial charge in [-0.3, -0.25) is 10.1 Å². The van der Waals surface area contributed by atoms with Crippen molar-refractivity contribution in [2.45, 2.75) is 0 Å². The molecule has 0 saturated carbocycles. The number of para-hydroxylation sites is 1. The number of nitriles is 1. The van der Waals surface area contributed by atoms with E-state index in [-0.39, 0.29) is 11.3 Å². The summed E-state index contributed by atoms with van der Waals surface area (Å²) in [6, 6.07) is 15.7. The maximum atomic E-state index is 14.1. The number of nitrogens with zero attached hydrogens (tertiary/aromatic N) is 3. The van der Waals surface area contributed by atoms with Gasteiger partial charge in [-0.2, -0.15) is 10.4 Å². The van der Waals surface area contributed by atoms with Crippen LogP contribution in [-0.2, 0) is 0 Å². The summed E-state index contributed by atoms with van der Waals surface area (Å²) in [4.78, 5) is 4.01. The van der Waals surface area contributed by atoms with Crippen LogP contribution in [0.5, 0.6) is 0 Å². The van der Waals surface area contributed by atoms with E-state index in [1.165, 1.54) is 12.1 Å². The van der Waals surface area contributed by atoms with Crippen LogP contribution < -0.4 is 5.32 Å². The van der Waals surface area contributed by atoms with E-state index in [1.807, 2.05) is 36.4 Å². The van der Waals surface area contributed by atoms with Crippen LogP contribution >= 0.6 is 0 Å². The Labute approximate surface area is 142 Å². The topological polar surface area (TPSA) is 77.4 Å². The fourth-order valence-corrected chi connectivity index (χ4v) is 2.71. The van der Waals surface area contributed by atoms with Gasteiger partial charge in [-0.15, -0.1) is 0 Å². The highest BCUT2D eigenvalue weighted by Gasteiger charge is 2.11. The summed E-state index contributed by atoms with van der Waals surface area (Å²) in [6.45, 7) is 0. The van der Waals surface area contributed by atoms with E-state index < -0.39 is 5.82 Å². The molecule has 0 radical (unpaired) electrons. The molecule has 0 bridgehead atoms. The maximum absolute atomic E-state index is 14.1. The van der Waals surface area contributed by atoms with Crippen LogP contribution in [0.3, 0.4) is 0 Å². The number of hydrogen-bond acceptors (Lipinski definition) is 4. The second-order valence-electron chi connectivity index (χ2n) is 5.47. The van der Waals surface area contributed by atoms with Crippen LogP contribution in [0.25, 0.3) is 22.2 Å². The van der Waals surface area contributed by atoms with E-state index in [1.54, 1.807) is 18.5 Å². The Bertz CT molecular complexity index is 1100. The Kier molecular flexibility index (Phi) is 3.60. The fraction of sp³-hybridized carbons (Fsp3) is 0. The fourth-order valence-electron chi connectivity index (χ4n) is 2.71. The van der Waals surface area contributed by atoms with Crippen molar-refractivity contribution in [3.05, 3.63) is 72.3 Å². The van der Waals surface area contributed by atoms with Crippen molar-refractivity contribution in [2.24, 2.45) is 0 Å². The highest BCUT2D eigenvalue weighted by Crippen LogP contribution is 2.30. The summed E-state index contributed by atoms with van der Waals surface area (Å²) in [6.07, 6.45) is 3.41. The summed E-state index contributed by atoms with van der Waals surface area (Å²) >= 11 is 0. The summed E-state index contributed by atoms with van der Waals surface area (Å²) in [7, 11) is 0. The molecule has 0 aliphatic rings. The average molecular weight is 329 g/mol. The molecule has 0 fully saturated rings. The number of aromatic amines is 1. The number of benzene rings is 2. The van der Waals surface area contributed by atoms with Gasteiger partial charge in [-0.1, -0.05) is 6.07 Å². The molecule has 0 atom stereocenters. The predicted molar refractivity (Wildman–Crippen MR) is 93.7 cm³/mol. The van der Waals surface area contributed by atoms with E-state index in [2.05, 4.69) is 20.5 Å². The number of pyridine rings is 1. The van der Waals surface area contributed by atoms with Crippen LogP contribution in [0, 0.1) is 17.1 Å². The van der Waals surface area contributed by atoms with Crippen molar-refractivity contribution >= 4 is 22.3 Å². The molecule has 0 aliphatic heterocycles. The third kappa shape index (κ3) is 2.68. The first-order valence-corrected chi connectivity index (χ1v) is 7.60. The minimum absolute atomic E-state index is 0.165. The molecule has 0 amide bonds. The number of anilines is 2. The van der Waals surface area contributed by atoms with Crippen LogP contribution in [0.4, 0.5) is 15.8 Å². The molecule has 0 unspecified atom stereocenters. The van der Waals surface area contributed by atoms with Gasteiger partial charge in [0, 0.05) is 29.0 Å². The first kappa shape index (κ1) is 14.8.